The first-order valence-electron chi connectivity index (χ1n) is 10.9. The molecule has 1 saturated carbocycles. The van der Waals surface area contributed by atoms with Crippen molar-refractivity contribution in [2.75, 3.05) is 44.8 Å². The van der Waals surface area contributed by atoms with Crippen LogP contribution in [0.2, 0.25) is 0 Å². The lowest BCUT2D eigenvalue weighted by molar-refractivity contribution is -0.117. The fourth-order valence-electron chi connectivity index (χ4n) is 3.72. The van der Waals surface area contributed by atoms with Crippen LogP contribution in [0.1, 0.15) is 25.5 Å². The molecule has 1 amide bonds. The fourth-order valence-corrected chi connectivity index (χ4v) is 5.15. The van der Waals surface area contributed by atoms with E-state index in [2.05, 4.69) is 10.2 Å². The number of carbonyl (C=O) groups excluding carboxylic acids is 1. The van der Waals surface area contributed by atoms with Gasteiger partial charge in [0.15, 0.2) is 0 Å². The van der Waals surface area contributed by atoms with Gasteiger partial charge in [-0.3, -0.25) is 9.69 Å². The lowest BCUT2D eigenvalue weighted by Crippen LogP contribution is -2.40. The molecule has 0 bridgehead atoms. The van der Waals surface area contributed by atoms with Crippen molar-refractivity contribution in [3.8, 4) is 5.75 Å². The summed E-state index contributed by atoms with van der Waals surface area (Å²) < 4.78 is 43.8. The number of rotatable bonds is 10. The van der Waals surface area contributed by atoms with E-state index in [1.807, 2.05) is 19.1 Å². The highest BCUT2D eigenvalue weighted by Gasteiger charge is 2.31. The van der Waals surface area contributed by atoms with E-state index in [1.165, 1.54) is 16.4 Å². The number of nitrogens with zero attached hydrogens (tertiary/aromatic N) is 2. The van der Waals surface area contributed by atoms with Gasteiger partial charge in [0.1, 0.15) is 11.5 Å². The predicted molar refractivity (Wildman–Crippen MR) is 118 cm³/mol. The van der Waals surface area contributed by atoms with Crippen LogP contribution in [0.4, 0.5) is 5.69 Å². The van der Waals surface area contributed by atoms with Gasteiger partial charge < -0.3 is 19.2 Å². The molecule has 1 aromatic carbocycles. The van der Waals surface area contributed by atoms with E-state index in [0.717, 1.165) is 18.6 Å². The van der Waals surface area contributed by atoms with Crippen molar-refractivity contribution in [3.05, 3.63) is 42.4 Å². The third-order valence-electron chi connectivity index (χ3n) is 5.48. The zero-order chi connectivity index (χ0) is 22.6. The Kier molecular flexibility index (Phi) is 7.14. The molecule has 174 valence electrons. The molecule has 0 atom stereocenters. The Morgan fingerprint density at radius 3 is 2.69 bits per heavy atom. The highest BCUT2D eigenvalue weighted by molar-refractivity contribution is 7.89. The van der Waals surface area contributed by atoms with E-state index in [1.54, 1.807) is 12.3 Å². The average Bonchev–Trinajstić information content (AvgIpc) is 3.52. The molecular formula is C22H29N3O6S. The Hall–Kier alpha value is -2.40. The van der Waals surface area contributed by atoms with Crippen LogP contribution in [0.15, 0.2) is 45.9 Å². The molecule has 1 saturated heterocycles. The molecule has 2 fully saturated rings. The summed E-state index contributed by atoms with van der Waals surface area (Å²) >= 11 is 0. The van der Waals surface area contributed by atoms with Gasteiger partial charge in [-0.05, 0) is 50.1 Å². The maximum atomic E-state index is 13.0. The van der Waals surface area contributed by atoms with Crippen LogP contribution in [-0.2, 0) is 26.1 Å². The van der Waals surface area contributed by atoms with Crippen molar-refractivity contribution < 1.29 is 27.1 Å². The first-order valence-corrected chi connectivity index (χ1v) is 12.3. The number of carbonyl (C=O) groups is 1. The number of benzene rings is 1. The van der Waals surface area contributed by atoms with E-state index in [4.69, 9.17) is 13.9 Å². The van der Waals surface area contributed by atoms with E-state index in [-0.39, 0.29) is 17.3 Å². The van der Waals surface area contributed by atoms with Crippen LogP contribution in [0.25, 0.3) is 0 Å². The van der Waals surface area contributed by atoms with Crippen molar-refractivity contribution in [1.82, 2.24) is 9.21 Å². The summed E-state index contributed by atoms with van der Waals surface area (Å²) in [6.07, 6.45) is 3.71. The summed E-state index contributed by atoms with van der Waals surface area (Å²) in [5.74, 6) is 1.01. The van der Waals surface area contributed by atoms with Gasteiger partial charge in [-0.15, -0.1) is 0 Å². The summed E-state index contributed by atoms with van der Waals surface area (Å²) in [7, 11) is -3.69. The second-order valence-electron chi connectivity index (χ2n) is 7.87. The monoisotopic (exact) mass is 463 g/mol. The Morgan fingerprint density at radius 1 is 1.25 bits per heavy atom. The van der Waals surface area contributed by atoms with Crippen LogP contribution >= 0.6 is 0 Å². The molecule has 1 aromatic heterocycles. The van der Waals surface area contributed by atoms with Crippen LogP contribution < -0.4 is 10.1 Å². The number of sulfonamides is 1. The van der Waals surface area contributed by atoms with E-state index in [9.17, 15) is 13.2 Å². The molecule has 0 spiro atoms. The summed E-state index contributed by atoms with van der Waals surface area (Å²) in [4.78, 5) is 15.1. The minimum Gasteiger partial charge on any atom is -0.492 e. The minimum absolute atomic E-state index is 0.118. The molecule has 2 aromatic rings. The summed E-state index contributed by atoms with van der Waals surface area (Å²) in [5.41, 5.74) is 0.347. The highest BCUT2D eigenvalue weighted by atomic mass is 32.2. The Morgan fingerprint density at radius 2 is 2.03 bits per heavy atom. The van der Waals surface area contributed by atoms with E-state index < -0.39 is 10.0 Å². The molecule has 0 radical (unpaired) electrons. The van der Waals surface area contributed by atoms with Gasteiger partial charge in [-0.1, -0.05) is 0 Å². The van der Waals surface area contributed by atoms with Gasteiger partial charge in [0.05, 0.1) is 49.8 Å². The van der Waals surface area contributed by atoms with E-state index in [0.29, 0.717) is 56.9 Å². The molecule has 9 nitrogen and oxygen atoms in total. The van der Waals surface area contributed by atoms with Crippen molar-refractivity contribution in [3.63, 3.8) is 0 Å². The third-order valence-corrected chi connectivity index (χ3v) is 7.38. The fraction of sp³-hybridized carbons (Fsp3) is 0.500. The highest BCUT2D eigenvalue weighted by Crippen LogP contribution is 2.31. The zero-order valence-corrected chi connectivity index (χ0v) is 19.0. The molecule has 4 rings (SSSR count). The first-order chi connectivity index (χ1) is 15.5. The van der Waals surface area contributed by atoms with Crippen LogP contribution in [-0.4, -0.2) is 69.0 Å². The molecule has 2 heterocycles. The zero-order valence-electron chi connectivity index (χ0n) is 18.2. The molecule has 32 heavy (non-hydrogen) atoms. The first kappa shape index (κ1) is 22.8. The standard InChI is InChI=1S/C22H29N3O6S/c1-2-30-21-8-7-19(32(27,28)25-9-12-29-13-10-25)14-20(21)23-22(26)16-24(17-5-6-17)15-18-4-3-11-31-18/h3-4,7-8,11,14,17H,2,5-6,9-10,12-13,15-16H2,1H3,(H,23,26). The molecule has 0 unspecified atom stereocenters. The Balaban J connectivity index is 1.50. The smallest absolute Gasteiger partial charge is 0.243 e. The Labute approximate surface area is 188 Å². The summed E-state index contributed by atoms with van der Waals surface area (Å²) in [5, 5.41) is 2.86. The lowest BCUT2D eigenvalue weighted by atomic mass is 10.2. The third kappa shape index (κ3) is 5.50. The second-order valence-corrected chi connectivity index (χ2v) is 9.81. The average molecular weight is 464 g/mol. The second kappa shape index (κ2) is 10.0. The number of ether oxygens (including phenoxy) is 2. The van der Waals surface area contributed by atoms with Gasteiger partial charge >= 0.3 is 0 Å². The normalized spacial score (nSPS) is 17.4. The molecule has 1 aliphatic heterocycles. The van der Waals surface area contributed by atoms with Gasteiger partial charge in [0.2, 0.25) is 15.9 Å². The Bertz CT molecular complexity index is 1010. The van der Waals surface area contributed by atoms with E-state index >= 15 is 0 Å². The summed E-state index contributed by atoms with van der Waals surface area (Å²) in [6, 6.07) is 8.65. The van der Waals surface area contributed by atoms with Gasteiger partial charge in [-0.2, -0.15) is 4.31 Å². The maximum absolute atomic E-state index is 13.0. The summed E-state index contributed by atoms with van der Waals surface area (Å²) in [6.45, 7) is 4.30. The number of hydrogen-bond donors (Lipinski definition) is 1. The molecule has 1 N–H and O–H groups in total. The molecule has 2 aliphatic rings. The minimum atomic E-state index is -3.69. The topological polar surface area (TPSA) is 101 Å². The van der Waals surface area contributed by atoms with Gasteiger partial charge in [-0.25, -0.2) is 8.42 Å². The number of anilines is 1. The van der Waals surface area contributed by atoms with Gasteiger partial charge in [0, 0.05) is 19.1 Å². The quantitative estimate of drug-likeness (QED) is 0.577. The number of hydrogen-bond acceptors (Lipinski definition) is 7. The van der Waals surface area contributed by atoms with Crippen molar-refractivity contribution in [2.45, 2.75) is 37.2 Å². The predicted octanol–water partition coefficient (Wildman–Crippen LogP) is 2.30. The van der Waals surface area contributed by atoms with Crippen LogP contribution in [0, 0.1) is 0 Å². The van der Waals surface area contributed by atoms with Crippen LogP contribution in [0.3, 0.4) is 0 Å². The lowest BCUT2D eigenvalue weighted by Gasteiger charge is -2.26. The van der Waals surface area contributed by atoms with Crippen molar-refractivity contribution >= 4 is 21.6 Å². The number of nitrogens with one attached hydrogen (secondary N) is 1. The van der Waals surface area contributed by atoms with Crippen LogP contribution in [0.5, 0.6) is 5.75 Å². The number of furan rings is 1. The number of amides is 1. The van der Waals surface area contributed by atoms with Gasteiger partial charge in [0.25, 0.3) is 0 Å². The molecular weight excluding hydrogens is 434 g/mol. The maximum Gasteiger partial charge on any atom is 0.243 e. The SMILES string of the molecule is CCOc1ccc(S(=O)(=O)N2CCOCC2)cc1NC(=O)CN(Cc1ccco1)C1CC1. The number of morpholine rings is 1. The van der Waals surface area contributed by atoms with Crippen molar-refractivity contribution in [1.29, 1.82) is 0 Å². The molecule has 1 aliphatic carbocycles. The largest absolute Gasteiger partial charge is 0.492 e. The van der Waals surface area contributed by atoms with Crippen molar-refractivity contribution in [2.24, 2.45) is 0 Å². The molecule has 10 heteroatoms.